The highest BCUT2D eigenvalue weighted by Gasteiger charge is 2.22. The van der Waals surface area contributed by atoms with Crippen molar-refractivity contribution in [1.29, 1.82) is 0 Å². The molecule has 0 aliphatic heterocycles. The van der Waals surface area contributed by atoms with E-state index >= 15 is 0 Å². The Balaban J connectivity index is 5.73. The Labute approximate surface area is 264 Å². The van der Waals surface area contributed by atoms with E-state index in [-0.39, 0.29) is 91.4 Å². The third kappa shape index (κ3) is 22.5. The first-order valence-corrected chi connectivity index (χ1v) is 15.5. The summed E-state index contributed by atoms with van der Waals surface area (Å²) in [5.74, 6) is -0.569. The largest absolute Gasteiger partial charge is 0.494 e. The fraction of sp³-hybridized carbons (Fsp3) is 0.706. The lowest BCUT2D eigenvalue weighted by molar-refractivity contribution is -0.148. The van der Waals surface area contributed by atoms with Crippen LogP contribution in [0.25, 0.3) is 0 Å². The Hall–Kier alpha value is -2.98. The molecule has 0 aliphatic carbocycles. The number of ether oxygens (including phenoxy) is 2. The standard InChI is InChI=1S/C34H56N2O8/c1-23(2)13-34(42)44-31(10)22-36(20-25(4)15-33(41)18-28(7)39)12-11-35(19-24(3)14-32(40)17-27(6)38)21-30(9)43-29(8)16-26(5)37/h24-25,30-31H,1,8,11-22H2,2-7,9-10H3. The first kappa shape index (κ1) is 41.0. The number of esters is 1. The minimum atomic E-state index is -0.407. The molecule has 250 valence electrons. The molecule has 0 heterocycles. The van der Waals surface area contributed by atoms with Crippen LogP contribution in [0, 0.1) is 11.8 Å². The maximum Gasteiger partial charge on any atom is 0.310 e. The smallest absolute Gasteiger partial charge is 0.310 e. The second kappa shape index (κ2) is 21.7. The summed E-state index contributed by atoms with van der Waals surface area (Å²) in [5.41, 5.74) is 0.713. The molecule has 0 aromatic heterocycles. The van der Waals surface area contributed by atoms with Gasteiger partial charge in [0.25, 0.3) is 0 Å². The Morgan fingerprint density at radius 2 is 0.955 bits per heavy atom. The van der Waals surface area contributed by atoms with Crippen molar-refractivity contribution >= 4 is 34.9 Å². The molecule has 4 atom stereocenters. The summed E-state index contributed by atoms with van der Waals surface area (Å²) in [4.78, 5) is 75.5. The van der Waals surface area contributed by atoms with Crippen molar-refractivity contribution in [3.63, 3.8) is 0 Å². The number of carbonyl (C=O) groups is 6. The molecule has 0 aliphatic rings. The van der Waals surface area contributed by atoms with Crippen molar-refractivity contribution in [2.45, 2.75) is 106 Å². The van der Waals surface area contributed by atoms with Gasteiger partial charge in [-0.05, 0) is 53.4 Å². The fourth-order valence-electron chi connectivity index (χ4n) is 5.20. The highest BCUT2D eigenvalue weighted by molar-refractivity contribution is 5.98. The number of allylic oxidation sites excluding steroid dienone is 1. The van der Waals surface area contributed by atoms with E-state index in [2.05, 4.69) is 23.0 Å². The quantitative estimate of drug-likeness (QED) is 0.0589. The molecule has 0 radical (unpaired) electrons. The third-order valence-corrected chi connectivity index (χ3v) is 6.54. The molecule has 0 aromatic carbocycles. The minimum Gasteiger partial charge on any atom is -0.494 e. The van der Waals surface area contributed by atoms with Gasteiger partial charge in [-0.3, -0.25) is 38.6 Å². The zero-order chi connectivity index (χ0) is 34.0. The van der Waals surface area contributed by atoms with Gasteiger partial charge in [-0.25, -0.2) is 0 Å². The van der Waals surface area contributed by atoms with E-state index in [4.69, 9.17) is 9.47 Å². The van der Waals surface area contributed by atoms with Crippen molar-refractivity contribution in [3.05, 3.63) is 24.5 Å². The van der Waals surface area contributed by atoms with E-state index < -0.39 is 6.10 Å². The highest BCUT2D eigenvalue weighted by Crippen LogP contribution is 2.14. The van der Waals surface area contributed by atoms with Gasteiger partial charge < -0.3 is 9.47 Å². The van der Waals surface area contributed by atoms with Crippen LogP contribution in [0.3, 0.4) is 0 Å². The first-order chi connectivity index (χ1) is 20.4. The number of hydrogen-bond donors (Lipinski definition) is 0. The summed E-state index contributed by atoms with van der Waals surface area (Å²) in [6.07, 6.45) is -0.0299. The van der Waals surface area contributed by atoms with E-state index in [0.29, 0.717) is 50.6 Å². The highest BCUT2D eigenvalue weighted by atomic mass is 16.5. The van der Waals surface area contributed by atoms with Crippen molar-refractivity contribution in [3.8, 4) is 0 Å². The molecule has 4 unspecified atom stereocenters. The van der Waals surface area contributed by atoms with Crippen LogP contribution in [0.15, 0.2) is 24.5 Å². The van der Waals surface area contributed by atoms with Crippen LogP contribution in [-0.4, -0.2) is 96.2 Å². The predicted molar refractivity (Wildman–Crippen MR) is 171 cm³/mol. The molecule has 0 bridgehead atoms. The number of Topliss-reactive ketones (excluding diaryl/α,β-unsaturated/α-hetero) is 5. The first-order valence-electron chi connectivity index (χ1n) is 15.5. The van der Waals surface area contributed by atoms with Crippen LogP contribution in [0.4, 0.5) is 0 Å². The average Bonchev–Trinajstić information content (AvgIpc) is 2.79. The van der Waals surface area contributed by atoms with Crippen LogP contribution < -0.4 is 0 Å². The summed E-state index contributed by atoms with van der Waals surface area (Å²) in [6, 6.07) is 0. The van der Waals surface area contributed by atoms with Crippen LogP contribution >= 0.6 is 0 Å². The van der Waals surface area contributed by atoms with E-state index in [1.807, 2.05) is 27.7 Å². The molecule has 44 heavy (non-hydrogen) atoms. The van der Waals surface area contributed by atoms with Gasteiger partial charge in [-0.15, -0.1) is 0 Å². The molecule has 0 N–H and O–H groups in total. The summed E-state index contributed by atoms with van der Waals surface area (Å²) >= 11 is 0. The molecule has 10 nitrogen and oxygen atoms in total. The molecule has 0 aromatic rings. The van der Waals surface area contributed by atoms with Crippen LogP contribution in [0.2, 0.25) is 0 Å². The van der Waals surface area contributed by atoms with E-state index in [1.165, 1.54) is 20.8 Å². The van der Waals surface area contributed by atoms with Gasteiger partial charge in [0.1, 0.15) is 41.1 Å². The lowest BCUT2D eigenvalue weighted by Crippen LogP contribution is -2.44. The van der Waals surface area contributed by atoms with Crippen molar-refractivity contribution < 1.29 is 38.2 Å². The van der Waals surface area contributed by atoms with Gasteiger partial charge in [0, 0.05) is 52.1 Å². The Bertz CT molecular complexity index is 865. The SMILES string of the molecule is C=C(C)CC(=O)OC(C)CN(CCN(CC(C)CC(=O)CC(C)=O)CC(C)OC(=C)CC(C)=O)CC(C)CC(=O)CC(C)=O. The number of hydrogen-bond acceptors (Lipinski definition) is 10. The zero-order valence-corrected chi connectivity index (χ0v) is 28.4. The molecule has 0 saturated carbocycles. The number of ketones is 5. The molecule has 0 amide bonds. The molecular formula is C34H56N2O8. The maximum absolute atomic E-state index is 12.3. The van der Waals surface area contributed by atoms with Crippen LogP contribution in [0.5, 0.6) is 0 Å². The van der Waals surface area contributed by atoms with Gasteiger partial charge in [0.2, 0.25) is 0 Å². The topological polar surface area (TPSA) is 127 Å². The Morgan fingerprint density at radius 1 is 0.568 bits per heavy atom. The van der Waals surface area contributed by atoms with Gasteiger partial charge in [0.15, 0.2) is 0 Å². The molecular weight excluding hydrogens is 564 g/mol. The van der Waals surface area contributed by atoms with Crippen molar-refractivity contribution in [2.75, 3.05) is 39.3 Å². The maximum atomic E-state index is 12.3. The Kier molecular flexibility index (Phi) is 20.2. The summed E-state index contributed by atoms with van der Waals surface area (Å²) in [5, 5.41) is 0. The van der Waals surface area contributed by atoms with Gasteiger partial charge >= 0.3 is 5.97 Å². The van der Waals surface area contributed by atoms with E-state index in [1.54, 1.807) is 6.92 Å². The summed E-state index contributed by atoms with van der Waals surface area (Å²) < 4.78 is 11.5. The average molecular weight is 621 g/mol. The fourth-order valence-corrected chi connectivity index (χ4v) is 5.20. The predicted octanol–water partition coefficient (Wildman–Crippen LogP) is 4.54. The van der Waals surface area contributed by atoms with Crippen molar-refractivity contribution in [2.24, 2.45) is 11.8 Å². The zero-order valence-electron chi connectivity index (χ0n) is 28.4. The van der Waals surface area contributed by atoms with Gasteiger partial charge in [-0.2, -0.15) is 0 Å². The monoisotopic (exact) mass is 620 g/mol. The molecule has 0 saturated heterocycles. The van der Waals surface area contributed by atoms with Gasteiger partial charge in [-0.1, -0.05) is 32.6 Å². The lowest BCUT2D eigenvalue weighted by Gasteiger charge is -2.33. The number of carbonyl (C=O) groups excluding carboxylic acids is 6. The normalized spacial score (nSPS) is 14.0. The van der Waals surface area contributed by atoms with Crippen LogP contribution in [-0.2, 0) is 38.2 Å². The third-order valence-electron chi connectivity index (χ3n) is 6.54. The second-order valence-electron chi connectivity index (χ2n) is 12.8. The molecule has 0 rings (SSSR count). The van der Waals surface area contributed by atoms with Crippen LogP contribution in [0.1, 0.15) is 93.9 Å². The van der Waals surface area contributed by atoms with Crippen molar-refractivity contribution in [1.82, 2.24) is 9.80 Å². The number of rotatable bonds is 26. The lowest BCUT2D eigenvalue weighted by atomic mass is 10.0. The molecule has 0 spiro atoms. The second-order valence-corrected chi connectivity index (χ2v) is 12.8. The van der Waals surface area contributed by atoms with E-state index in [0.717, 1.165) is 0 Å². The Morgan fingerprint density at radius 3 is 1.32 bits per heavy atom. The summed E-state index contributed by atoms with van der Waals surface area (Å²) in [6.45, 7) is 24.5. The van der Waals surface area contributed by atoms with Gasteiger partial charge in [0.05, 0.1) is 31.4 Å². The summed E-state index contributed by atoms with van der Waals surface area (Å²) in [7, 11) is 0. The molecule has 0 fully saturated rings. The van der Waals surface area contributed by atoms with E-state index in [9.17, 15) is 28.8 Å². The molecule has 10 heteroatoms. The minimum absolute atomic E-state index is 0.0203. The number of nitrogens with zero attached hydrogens (tertiary/aromatic N) is 2.